The van der Waals surface area contributed by atoms with Crippen LogP contribution in [0.15, 0.2) is 30.3 Å². The molecule has 3 N–H and O–H groups in total. The molecule has 1 aromatic rings. The summed E-state index contributed by atoms with van der Waals surface area (Å²) in [7, 11) is 0. The first-order chi connectivity index (χ1) is 7.40. The minimum atomic E-state index is 0.463. The number of nitrogens with one attached hydrogen (secondary N) is 1. The maximum Gasteiger partial charge on any atom is 0.00863 e. The summed E-state index contributed by atoms with van der Waals surface area (Å²) in [5.74, 6) is 1.41. The fourth-order valence-corrected chi connectivity index (χ4v) is 1.85. The highest BCUT2D eigenvalue weighted by molar-refractivity contribution is 5.20. The molecule has 2 heteroatoms. The molecule has 1 saturated carbocycles. The number of hydrogen-bond acceptors (Lipinski definition) is 2. The van der Waals surface area contributed by atoms with Crippen LogP contribution in [-0.4, -0.2) is 19.6 Å². The summed E-state index contributed by atoms with van der Waals surface area (Å²) in [5, 5.41) is 3.52. The fraction of sp³-hybridized carbons (Fsp3) is 0.538. The van der Waals surface area contributed by atoms with E-state index in [1.54, 1.807) is 0 Å². The van der Waals surface area contributed by atoms with Gasteiger partial charge in [0.25, 0.3) is 0 Å². The molecule has 0 heterocycles. The Hall–Kier alpha value is -0.860. The minimum absolute atomic E-state index is 0.463. The van der Waals surface area contributed by atoms with Gasteiger partial charge in [0.05, 0.1) is 0 Å². The summed E-state index contributed by atoms with van der Waals surface area (Å²) in [6.07, 6.45) is 2.82. The third kappa shape index (κ3) is 3.33. The first kappa shape index (κ1) is 10.7. The Morgan fingerprint density at radius 1 is 1.27 bits per heavy atom. The van der Waals surface area contributed by atoms with Crippen LogP contribution < -0.4 is 11.1 Å². The highest BCUT2D eigenvalue weighted by Gasteiger charge is 2.20. The standard InChI is InChI=1S/C13H20N2/c14-8-13(10-15-9-11-6-7-11)12-4-2-1-3-5-12/h1-5,11,13,15H,6-10,14H2. The molecular weight excluding hydrogens is 184 g/mol. The van der Waals surface area contributed by atoms with Crippen LogP contribution in [0, 0.1) is 5.92 Å². The summed E-state index contributed by atoms with van der Waals surface area (Å²) < 4.78 is 0. The summed E-state index contributed by atoms with van der Waals surface area (Å²) in [6, 6.07) is 10.5. The van der Waals surface area contributed by atoms with E-state index < -0.39 is 0 Å². The lowest BCUT2D eigenvalue weighted by Gasteiger charge is -2.15. The number of rotatable bonds is 6. The van der Waals surface area contributed by atoms with Crippen molar-refractivity contribution in [2.24, 2.45) is 11.7 Å². The van der Waals surface area contributed by atoms with E-state index in [0.717, 1.165) is 19.0 Å². The molecule has 15 heavy (non-hydrogen) atoms. The molecule has 1 atom stereocenters. The van der Waals surface area contributed by atoms with Gasteiger partial charge in [0.1, 0.15) is 0 Å². The lowest BCUT2D eigenvalue weighted by atomic mass is 9.99. The average molecular weight is 204 g/mol. The molecule has 0 spiro atoms. The number of benzene rings is 1. The molecule has 0 aromatic heterocycles. The zero-order valence-electron chi connectivity index (χ0n) is 9.15. The first-order valence-corrected chi connectivity index (χ1v) is 5.86. The van der Waals surface area contributed by atoms with Gasteiger partial charge >= 0.3 is 0 Å². The molecule has 1 fully saturated rings. The molecule has 82 valence electrons. The topological polar surface area (TPSA) is 38.0 Å². The van der Waals surface area contributed by atoms with E-state index in [2.05, 4.69) is 35.6 Å². The smallest absolute Gasteiger partial charge is 0.00863 e. The molecule has 0 amide bonds. The molecule has 0 radical (unpaired) electrons. The molecule has 2 nitrogen and oxygen atoms in total. The van der Waals surface area contributed by atoms with Crippen molar-refractivity contribution in [1.29, 1.82) is 0 Å². The maximum absolute atomic E-state index is 5.80. The molecule has 1 aromatic carbocycles. The lowest BCUT2D eigenvalue weighted by molar-refractivity contribution is 0.567. The average Bonchev–Trinajstić information content (AvgIpc) is 3.10. The van der Waals surface area contributed by atoms with E-state index in [1.807, 2.05) is 0 Å². The van der Waals surface area contributed by atoms with Crippen molar-refractivity contribution in [1.82, 2.24) is 5.32 Å². The van der Waals surface area contributed by atoms with Gasteiger partial charge in [-0.2, -0.15) is 0 Å². The molecule has 0 aliphatic heterocycles. The molecule has 0 saturated heterocycles. The highest BCUT2D eigenvalue weighted by Crippen LogP contribution is 2.27. The second kappa shape index (κ2) is 5.29. The summed E-state index contributed by atoms with van der Waals surface area (Å²) in [6.45, 7) is 2.90. The minimum Gasteiger partial charge on any atom is -0.330 e. The Balaban J connectivity index is 1.80. The monoisotopic (exact) mass is 204 g/mol. The van der Waals surface area contributed by atoms with Crippen molar-refractivity contribution in [3.05, 3.63) is 35.9 Å². The molecule has 1 unspecified atom stereocenters. The molecule has 1 aliphatic carbocycles. The zero-order chi connectivity index (χ0) is 10.5. The lowest BCUT2D eigenvalue weighted by Crippen LogP contribution is -2.28. The van der Waals surface area contributed by atoms with E-state index >= 15 is 0 Å². The van der Waals surface area contributed by atoms with Crippen LogP contribution in [0.3, 0.4) is 0 Å². The van der Waals surface area contributed by atoms with Gasteiger partial charge in [-0.25, -0.2) is 0 Å². The predicted octanol–water partition coefficient (Wildman–Crippen LogP) is 1.73. The van der Waals surface area contributed by atoms with Crippen molar-refractivity contribution in [2.45, 2.75) is 18.8 Å². The second-order valence-electron chi connectivity index (χ2n) is 4.44. The molecule has 0 bridgehead atoms. The van der Waals surface area contributed by atoms with E-state index in [9.17, 15) is 0 Å². The summed E-state index contributed by atoms with van der Waals surface area (Å²) >= 11 is 0. The fourth-order valence-electron chi connectivity index (χ4n) is 1.85. The van der Waals surface area contributed by atoms with Crippen molar-refractivity contribution < 1.29 is 0 Å². The van der Waals surface area contributed by atoms with Gasteiger partial charge in [-0.15, -0.1) is 0 Å². The van der Waals surface area contributed by atoms with Crippen LogP contribution in [0.2, 0.25) is 0 Å². The van der Waals surface area contributed by atoms with Gasteiger partial charge < -0.3 is 11.1 Å². The third-order valence-electron chi connectivity index (χ3n) is 3.08. The van der Waals surface area contributed by atoms with E-state index in [1.165, 1.54) is 24.9 Å². The van der Waals surface area contributed by atoms with Crippen molar-refractivity contribution in [3.63, 3.8) is 0 Å². The van der Waals surface area contributed by atoms with Crippen LogP contribution in [0.5, 0.6) is 0 Å². The Labute approximate surface area is 91.9 Å². The van der Waals surface area contributed by atoms with Gasteiger partial charge in [-0.3, -0.25) is 0 Å². The van der Waals surface area contributed by atoms with Crippen LogP contribution in [0.4, 0.5) is 0 Å². The third-order valence-corrected chi connectivity index (χ3v) is 3.08. The van der Waals surface area contributed by atoms with Gasteiger partial charge in [0, 0.05) is 19.0 Å². The molecule has 2 rings (SSSR count). The van der Waals surface area contributed by atoms with Crippen molar-refractivity contribution in [3.8, 4) is 0 Å². The van der Waals surface area contributed by atoms with Crippen molar-refractivity contribution >= 4 is 0 Å². The Kier molecular flexibility index (Phi) is 3.75. The Morgan fingerprint density at radius 2 is 2.00 bits per heavy atom. The SMILES string of the molecule is NCC(CNCC1CC1)c1ccccc1. The number of nitrogens with two attached hydrogens (primary N) is 1. The first-order valence-electron chi connectivity index (χ1n) is 5.86. The van der Waals surface area contributed by atoms with Gasteiger partial charge in [0.2, 0.25) is 0 Å². The van der Waals surface area contributed by atoms with Crippen molar-refractivity contribution in [2.75, 3.05) is 19.6 Å². The normalized spacial score (nSPS) is 17.7. The molecule has 1 aliphatic rings. The van der Waals surface area contributed by atoms with Crippen LogP contribution >= 0.6 is 0 Å². The predicted molar refractivity (Wildman–Crippen MR) is 63.8 cm³/mol. The summed E-state index contributed by atoms with van der Waals surface area (Å²) in [5.41, 5.74) is 7.15. The van der Waals surface area contributed by atoms with E-state index in [-0.39, 0.29) is 0 Å². The summed E-state index contributed by atoms with van der Waals surface area (Å²) in [4.78, 5) is 0. The van der Waals surface area contributed by atoms with Gasteiger partial charge in [-0.1, -0.05) is 30.3 Å². The van der Waals surface area contributed by atoms with Gasteiger partial charge in [0.15, 0.2) is 0 Å². The Morgan fingerprint density at radius 3 is 2.60 bits per heavy atom. The van der Waals surface area contributed by atoms with Crippen LogP contribution in [0.1, 0.15) is 24.3 Å². The van der Waals surface area contributed by atoms with E-state index in [0.29, 0.717) is 5.92 Å². The van der Waals surface area contributed by atoms with Crippen LogP contribution in [-0.2, 0) is 0 Å². The Bertz CT molecular complexity index is 280. The van der Waals surface area contributed by atoms with E-state index in [4.69, 9.17) is 5.73 Å². The van der Waals surface area contributed by atoms with Gasteiger partial charge in [-0.05, 0) is 30.9 Å². The van der Waals surface area contributed by atoms with Crippen LogP contribution in [0.25, 0.3) is 0 Å². The zero-order valence-corrected chi connectivity index (χ0v) is 9.15. The maximum atomic E-state index is 5.80. The molecular formula is C13H20N2. The number of hydrogen-bond donors (Lipinski definition) is 2. The highest BCUT2D eigenvalue weighted by atomic mass is 14.9. The quantitative estimate of drug-likeness (QED) is 0.740. The largest absolute Gasteiger partial charge is 0.330 e. The second-order valence-corrected chi connectivity index (χ2v) is 4.44.